The molecule has 33 heavy (non-hydrogen) atoms. The lowest BCUT2D eigenvalue weighted by atomic mass is 10.1. The number of hydrogen-bond acceptors (Lipinski definition) is 4. The third kappa shape index (κ3) is 6.33. The van der Waals surface area contributed by atoms with Gasteiger partial charge in [-0.15, -0.1) is 0 Å². The first-order valence-corrected chi connectivity index (χ1v) is 12.0. The highest BCUT2D eigenvalue weighted by Gasteiger charge is 2.13. The van der Waals surface area contributed by atoms with Crippen LogP contribution in [0.4, 0.5) is 0 Å². The average molecular weight is 448 g/mol. The third-order valence-electron chi connectivity index (χ3n) is 6.40. The van der Waals surface area contributed by atoms with Gasteiger partial charge in [-0.3, -0.25) is 9.89 Å². The SMILES string of the molecule is CN=C(NCCCn1c(C)nc2ccccc21)NCc1ccc(CN2CCN(C)CC2)cc1. The molecule has 2 N–H and O–H groups in total. The van der Waals surface area contributed by atoms with Crippen LogP contribution in [-0.4, -0.2) is 72.1 Å². The highest BCUT2D eigenvalue weighted by Crippen LogP contribution is 2.15. The molecule has 0 atom stereocenters. The van der Waals surface area contributed by atoms with E-state index in [-0.39, 0.29) is 0 Å². The molecule has 4 rings (SSSR count). The Labute approximate surface area is 197 Å². The van der Waals surface area contributed by atoms with E-state index in [9.17, 15) is 0 Å². The van der Waals surface area contributed by atoms with E-state index in [1.165, 1.54) is 16.6 Å². The first kappa shape index (κ1) is 23.3. The van der Waals surface area contributed by atoms with E-state index in [0.717, 1.165) is 76.1 Å². The van der Waals surface area contributed by atoms with Crippen molar-refractivity contribution in [1.82, 2.24) is 30.0 Å². The maximum Gasteiger partial charge on any atom is 0.191 e. The summed E-state index contributed by atoms with van der Waals surface area (Å²) in [6.45, 7) is 10.3. The predicted octanol–water partition coefficient (Wildman–Crippen LogP) is 2.85. The van der Waals surface area contributed by atoms with Crippen molar-refractivity contribution in [3.05, 3.63) is 65.5 Å². The number of benzene rings is 2. The van der Waals surface area contributed by atoms with Crippen molar-refractivity contribution in [2.24, 2.45) is 4.99 Å². The van der Waals surface area contributed by atoms with Gasteiger partial charge in [0.25, 0.3) is 0 Å². The smallest absolute Gasteiger partial charge is 0.191 e. The molecule has 1 aromatic heterocycles. The van der Waals surface area contributed by atoms with E-state index in [2.05, 4.69) is 91.4 Å². The van der Waals surface area contributed by atoms with Gasteiger partial charge in [-0.1, -0.05) is 36.4 Å². The van der Waals surface area contributed by atoms with Gasteiger partial charge in [-0.05, 0) is 43.7 Å². The Bertz CT molecular complexity index is 1050. The van der Waals surface area contributed by atoms with Crippen LogP contribution in [-0.2, 0) is 19.6 Å². The number of piperazine rings is 1. The quantitative estimate of drug-likeness (QED) is 0.316. The van der Waals surface area contributed by atoms with E-state index >= 15 is 0 Å². The van der Waals surface area contributed by atoms with Crippen LogP contribution in [0.1, 0.15) is 23.4 Å². The molecular formula is C26H37N7. The monoisotopic (exact) mass is 447 g/mol. The second-order valence-corrected chi connectivity index (χ2v) is 8.90. The standard InChI is InChI=1S/C26H37N7/c1-21-30-24-7-4-5-8-25(24)33(21)14-6-13-28-26(27-2)29-19-22-9-11-23(12-10-22)20-32-17-15-31(3)16-18-32/h4-5,7-12H,6,13-20H2,1-3H3,(H2,27,28,29). The molecule has 2 heterocycles. The molecule has 2 aromatic carbocycles. The minimum atomic E-state index is 0.764. The minimum Gasteiger partial charge on any atom is -0.356 e. The number of para-hydroxylation sites is 2. The molecule has 1 aliphatic rings. The van der Waals surface area contributed by atoms with Crippen LogP contribution in [0.15, 0.2) is 53.5 Å². The number of aromatic nitrogens is 2. The molecular weight excluding hydrogens is 410 g/mol. The number of rotatable bonds is 8. The lowest BCUT2D eigenvalue weighted by molar-refractivity contribution is 0.148. The Kier molecular flexibility index (Phi) is 7.96. The Morgan fingerprint density at radius 3 is 2.45 bits per heavy atom. The molecule has 0 bridgehead atoms. The van der Waals surface area contributed by atoms with Crippen molar-refractivity contribution >= 4 is 17.0 Å². The zero-order chi connectivity index (χ0) is 23.0. The number of aliphatic imine (C=N–C) groups is 1. The number of imidazole rings is 1. The number of nitrogens with one attached hydrogen (secondary N) is 2. The van der Waals surface area contributed by atoms with Crippen LogP contribution in [0.3, 0.4) is 0 Å². The van der Waals surface area contributed by atoms with Crippen LogP contribution < -0.4 is 10.6 Å². The Hall–Kier alpha value is -2.90. The van der Waals surface area contributed by atoms with Gasteiger partial charge in [-0.25, -0.2) is 4.98 Å². The van der Waals surface area contributed by atoms with Gasteiger partial charge in [0.15, 0.2) is 5.96 Å². The summed E-state index contributed by atoms with van der Waals surface area (Å²) >= 11 is 0. The summed E-state index contributed by atoms with van der Waals surface area (Å²) in [4.78, 5) is 14.0. The van der Waals surface area contributed by atoms with Crippen molar-refractivity contribution in [2.75, 3.05) is 46.8 Å². The van der Waals surface area contributed by atoms with Crippen LogP contribution in [0.25, 0.3) is 11.0 Å². The second kappa shape index (κ2) is 11.3. The maximum absolute atomic E-state index is 4.65. The van der Waals surface area contributed by atoms with Crippen LogP contribution in [0.2, 0.25) is 0 Å². The van der Waals surface area contributed by atoms with E-state index < -0.39 is 0 Å². The van der Waals surface area contributed by atoms with Crippen LogP contribution in [0, 0.1) is 6.92 Å². The van der Waals surface area contributed by atoms with E-state index in [4.69, 9.17) is 0 Å². The summed E-state index contributed by atoms with van der Waals surface area (Å²) in [7, 11) is 4.02. The van der Waals surface area contributed by atoms with Crippen molar-refractivity contribution in [1.29, 1.82) is 0 Å². The Morgan fingerprint density at radius 1 is 0.970 bits per heavy atom. The van der Waals surface area contributed by atoms with Crippen molar-refractivity contribution in [3.63, 3.8) is 0 Å². The van der Waals surface area contributed by atoms with Gasteiger partial charge in [-0.2, -0.15) is 0 Å². The normalized spacial score (nSPS) is 15.8. The van der Waals surface area contributed by atoms with Crippen LogP contribution >= 0.6 is 0 Å². The topological polar surface area (TPSA) is 60.7 Å². The van der Waals surface area contributed by atoms with Gasteiger partial charge in [0, 0.05) is 59.4 Å². The number of nitrogens with zero attached hydrogens (tertiary/aromatic N) is 5. The van der Waals surface area contributed by atoms with Gasteiger partial charge < -0.3 is 20.1 Å². The van der Waals surface area contributed by atoms with Crippen molar-refractivity contribution in [2.45, 2.75) is 33.0 Å². The number of hydrogen-bond donors (Lipinski definition) is 2. The fourth-order valence-corrected chi connectivity index (χ4v) is 4.36. The Balaban J connectivity index is 1.19. The number of likely N-dealkylation sites (N-methyl/N-ethyl adjacent to an activating group) is 1. The molecule has 1 saturated heterocycles. The summed E-state index contributed by atoms with van der Waals surface area (Å²) in [6.07, 6.45) is 1.00. The molecule has 176 valence electrons. The maximum atomic E-state index is 4.65. The lowest BCUT2D eigenvalue weighted by Gasteiger charge is -2.32. The number of fused-ring (bicyclic) bond motifs is 1. The van der Waals surface area contributed by atoms with E-state index in [1.54, 1.807) is 0 Å². The number of guanidine groups is 1. The molecule has 1 fully saturated rings. The highest BCUT2D eigenvalue weighted by molar-refractivity contribution is 5.79. The zero-order valence-electron chi connectivity index (χ0n) is 20.2. The summed E-state index contributed by atoms with van der Waals surface area (Å²) in [5.41, 5.74) is 4.91. The molecule has 0 unspecified atom stereocenters. The molecule has 0 amide bonds. The second-order valence-electron chi connectivity index (χ2n) is 8.90. The van der Waals surface area contributed by atoms with Gasteiger partial charge >= 0.3 is 0 Å². The van der Waals surface area contributed by atoms with Gasteiger partial charge in [0.2, 0.25) is 0 Å². The van der Waals surface area contributed by atoms with Crippen molar-refractivity contribution in [3.8, 4) is 0 Å². The first-order valence-electron chi connectivity index (χ1n) is 12.0. The van der Waals surface area contributed by atoms with E-state index in [1.807, 2.05) is 13.1 Å². The summed E-state index contributed by atoms with van der Waals surface area (Å²) < 4.78 is 2.29. The van der Waals surface area contributed by atoms with Crippen molar-refractivity contribution < 1.29 is 0 Å². The average Bonchev–Trinajstić information content (AvgIpc) is 3.16. The summed E-state index contributed by atoms with van der Waals surface area (Å²) in [5.74, 6) is 1.90. The lowest BCUT2D eigenvalue weighted by Crippen LogP contribution is -2.43. The zero-order valence-corrected chi connectivity index (χ0v) is 20.2. The summed E-state index contributed by atoms with van der Waals surface area (Å²) in [5, 5.41) is 6.86. The first-order chi connectivity index (χ1) is 16.1. The van der Waals surface area contributed by atoms with Crippen LogP contribution in [0.5, 0.6) is 0 Å². The molecule has 0 saturated carbocycles. The van der Waals surface area contributed by atoms with E-state index in [0.29, 0.717) is 0 Å². The minimum absolute atomic E-state index is 0.764. The largest absolute Gasteiger partial charge is 0.356 e. The molecule has 3 aromatic rings. The number of aryl methyl sites for hydroxylation is 2. The fraction of sp³-hybridized carbons (Fsp3) is 0.462. The van der Waals surface area contributed by atoms with Gasteiger partial charge in [0.05, 0.1) is 11.0 Å². The third-order valence-corrected chi connectivity index (χ3v) is 6.40. The Morgan fingerprint density at radius 2 is 1.70 bits per heavy atom. The highest BCUT2D eigenvalue weighted by atomic mass is 15.2. The predicted molar refractivity (Wildman–Crippen MR) is 137 cm³/mol. The summed E-state index contributed by atoms with van der Waals surface area (Å²) in [6, 6.07) is 17.3. The molecule has 1 aliphatic heterocycles. The fourth-order valence-electron chi connectivity index (χ4n) is 4.36. The van der Waals surface area contributed by atoms with Gasteiger partial charge in [0.1, 0.15) is 5.82 Å². The molecule has 0 radical (unpaired) electrons. The molecule has 7 heteroatoms. The molecule has 0 aliphatic carbocycles. The molecule has 7 nitrogen and oxygen atoms in total. The molecule has 0 spiro atoms.